The van der Waals surface area contributed by atoms with Gasteiger partial charge in [0, 0.05) is 17.5 Å². The molecule has 4 heteroatoms. The minimum absolute atomic E-state index is 0.116. The lowest BCUT2D eigenvalue weighted by molar-refractivity contribution is -0.118. The van der Waals surface area contributed by atoms with Crippen molar-refractivity contribution in [3.05, 3.63) is 29.8 Å². The molecule has 1 rings (SSSR count). The second kappa shape index (κ2) is 9.85. The van der Waals surface area contributed by atoms with E-state index in [4.69, 9.17) is 0 Å². The fraction of sp³-hybridized carbons (Fsp3) is 0.588. The number of hydrogen-bond acceptors (Lipinski definition) is 3. The maximum absolute atomic E-state index is 11.7. The Balaban J connectivity index is 2.33. The maximum atomic E-state index is 11.7. The molecule has 118 valence electrons. The summed E-state index contributed by atoms with van der Waals surface area (Å²) < 4.78 is 0. The van der Waals surface area contributed by atoms with Gasteiger partial charge in [0.1, 0.15) is 0 Å². The van der Waals surface area contributed by atoms with Crippen molar-refractivity contribution < 1.29 is 4.79 Å². The molecule has 0 spiro atoms. The van der Waals surface area contributed by atoms with Gasteiger partial charge in [-0.15, -0.1) is 11.8 Å². The van der Waals surface area contributed by atoms with Crippen molar-refractivity contribution in [3.63, 3.8) is 0 Å². The fourth-order valence-electron chi connectivity index (χ4n) is 1.98. The Kier molecular flexibility index (Phi) is 8.47. The molecular formula is C17H28N2OS. The van der Waals surface area contributed by atoms with Gasteiger partial charge in [0.15, 0.2) is 0 Å². The van der Waals surface area contributed by atoms with Gasteiger partial charge in [-0.25, -0.2) is 0 Å². The van der Waals surface area contributed by atoms with Crippen LogP contribution in [0.25, 0.3) is 0 Å². The fourth-order valence-corrected chi connectivity index (χ4v) is 2.71. The van der Waals surface area contributed by atoms with Crippen LogP contribution in [-0.4, -0.2) is 24.7 Å². The van der Waals surface area contributed by atoms with Gasteiger partial charge in [-0.2, -0.15) is 0 Å². The molecule has 0 bridgehead atoms. The van der Waals surface area contributed by atoms with E-state index in [1.807, 2.05) is 0 Å². The van der Waals surface area contributed by atoms with Gasteiger partial charge in [0.05, 0.1) is 5.75 Å². The first-order valence-electron chi connectivity index (χ1n) is 7.75. The number of carbonyl (C=O) groups is 1. The number of thioether (sulfide) groups is 1. The molecule has 0 saturated heterocycles. The molecule has 1 aromatic carbocycles. The van der Waals surface area contributed by atoms with Gasteiger partial charge in [-0.1, -0.05) is 32.9 Å². The van der Waals surface area contributed by atoms with Crippen molar-refractivity contribution in [2.45, 2.75) is 45.1 Å². The smallest absolute Gasteiger partial charge is 0.230 e. The molecule has 1 unspecified atom stereocenters. The summed E-state index contributed by atoms with van der Waals surface area (Å²) >= 11 is 1.59. The van der Waals surface area contributed by atoms with Gasteiger partial charge in [-0.3, -0.25) is 4.79 Å². The molecule has 0 fully saturated rings. The highest BCUT2D eigenvalue weighted by atomic mass is 32.2. The molecule has 0 saturated carbocycles. The Morgan fingerprint density at radius 1 is 1.19 bits per heavy atom. The van der Waals surface area contributed by atoms with Gasteiger partial charge in [-0.05, 0) is 43.5 Å². The number of hydrogen-bond donors (Lipinski definition) is 2. The van der Waals surface area contributed by atoms with E-state index in [0.717, 1.165) is 24.4 Å². The Morgan fingerprint density at radius 3 is 2.43 bits per heavy atom. The number of amides is 1. The highest BCUT2D eigenvalue weighted by molar-refractivity contribution is 8.00. The van der Waals surface area contributed by atoms with Gasteiger partial charge in [0.2, 0.25) is 5.91 Å². The first-order valence-corrected chi connectivity index (χ1v) is 8.74. The Bertz CT molecular complexity index is 417. The van der Waals surface area contributed by atoms with Crippen molar-refractivity contribution in [3.8, 4) is 0 Å². The first-order chi connectivity index (χ1) is 10.0. The molecule has 1 aromatic rings. The van der Waals surface area contributed by atoms with Crippen LogP contribution in [0.3, 0.4) is 0 Å². The first kappa shape index (κ1) is 18.1. The largest absolute Gasteiger partial charge is 0.355 e. The lowest BCUT2D eigenvalue weighted by Gasteiger charge is -2.13. The van der Waals surface area contributed by atoms with E-state index in [9.17, 15) is 4.79 Å². The standard InChI is InChI=1S/C17H28N2OS/c1-5-18-14(4)15-6-8-16(9-7-15)21-12-17(20)19-11-10-13(2)3/h6-9,13-14,18H,5,10-12H2,1-4H3,(H,19,20). The van der Waals surface area contributed by atoms with Crippen LogP contribution in [-0.2, 0) is 4.79 Å². The van der Waals surface area contributed by atoms with Gasteiger partial charge in [0.25, 0.3) is 0 Å². The molecule has 21 heavy (non-hydrogen) atoms. The number of carbonyl (C=O) groups excluding carboxylic acids is 1. The highest BCUT2D eigenvalue weighted by Crippen LogP contribution is 2.20. The molecule has 1 amide bonds. The zero-order valence-electron chi connectivity index (χ0n) is 13.6. The minimum atomic E-state index is 0.116. The van der Waals surface area contributed by atoms with Crippen molar-refractivity contribution in [1.82, 2.24) is 10.6 Å². The van der Waals surface area contributed by atoms with Crippen LogP contribution in [0.2, 0.25) is 0 Å². The molecule has 3 nitrogen and oxygen atoms in total. The predicted octanol–water partition coefficient (Wildman–Crippen LogP) is 3.61. The minimum Gasteiger partial charge on any atom is -0.355 e. The molecule has 0 aliphatic heterocycles. The molecule has 0 aliphatic carbocycles. The third-order valence-electron chi connectivity index (χ3n) is 3.30. The number of nitrogens with one attached hydrogen (secondary N) is 2. The second-order valence-corrected chi connectivity index (χ2v) is 6.72. The number of benzene rings is 1. The summed E-state index contributed by atoms with van der Waals surface area (Å²) in [6.45, 7) is 10.3. The zero-order valence-corrected chi connectivity index (χ0v) is 14.4. The van der Waals surface area contributed by atoms with E-state index in [1.165, 1.54) is 5.56 Å². The quantitative estimate of drug-likeness (QED) is 0.685. The van der Waals surface area contributed by atoms with Crippen LogP contribution in [0.5, 0.6) is 0 Å². The second-order valence-electron chi connectivity index (χ2n) is 5.67. The van der Waals surface area contributed by atoms with Gasteiger partial charge >= 0.3 is 0 Å². The van der Waals surface area contributed by atoms with E-state index in [-0.39, 0.29) is 5.91 Å². The Labute approximate surface area is 133 Å². The Morgan fingerprint density at radius 2 is 1.86 bits per heavy atom. The van der Waals surface area contributed by atoms with Crippen LogP contribution in [0.1, 0.15) is 45.7 Å². The summed E-state index contributed by atoms with van der Waals surface area (Å²) in [5.41, 5.74) is 1.28. The summed E-state index contributed by atoms with van der Waals surface area (Å²) in [7, 11) is 0. The third kappa shape index (κ3) is 7.53. The summed E-state index contributed by atoms with van der Waals surface area (Å²) in [5.74, 6) is 1.23. The summed E-state index contributed by atoms with van der Waals surface area (Å²) in [5, 5.41) is 6.35. The predicted molar refractivity (Wildman–Crippen MR) is 91.7 cm³/mol. The highest BCUT2D eigenvalue weighted by Gasteiger charge is 2.05. The van der Waals surface area contributed by atoms with Crippen LogP contribution in [0, 0.1) is 5.92 Å². The van der Waals surface area contributed by atoms with Crippen molar-refractivity contribution >= 4 is 17.7 Å². The number of rotatable bonds is 9. The van der Waals surface area contributed by atoms with E-state index in [0.29, 0.717) is 17.7 Å². The lowest BCUT2D eigenvalue weighted by atomic mass is 10.1. The van der Waals surface area contributed by atoms with E-state index >= 15 is 0 Å². The molecule has 1 atom stereocenters. The monoisotopic (exact) mass is 308 g/mol. The third-order valence-corrected chi connectivity index (χ3v) is 4.32. The van der Waals surface area contributed by atoms with E-state index in [1.54, 1.807) is 11.8 Å². The topological polar surface area (TPSA) is 41.1 Å². The average Bonchev–Trinajstić information content (AvgIpc) is 2.45. The molecule has 0 heterocycles. The van der Waals surface area contributed by atoms with E-state index in [2.05, 4.69) is 62.6 Å². The molecule has 2 N–H and O–H groups in total. The van der Waals surface area contributed by atoms with Crippen molar-refractivity contribution in [2.24, 2.45) is 5.92 Å². The SMILES string of the molecule is CCNC(C)c1ccc(SCC(=O)NCCC(C)C)cc1. The maximum Gasteiger partial charge on any atom is 0.230 e. The van der Waals surface area contributed by atoms with E-state index < -0.39 is 0 Å². The van der Waals surface area contributed by atoms with Crippen LogP contribution in [0.4, 0.5) is 0 Å². The summed E-state index contributed by atoms with van der Waals surface area (Å²) in [6.07, 6.45) is 1.04. The van der Waals surface area contributed by atoms with Crippen molar-refractivity contribution in [2.75, 3.05) is 18.8 Å². The molecule has 0 radical (unpaired) electrons. The van der Waals surface area contributed by atoms with Crippen molar-refractivity contribution in [1.29, 1.82) is 0 Å². The van der Waals surface area contributed by atoms with Crippen LogP contribution >= 0.6 is 11.8 Å². The summed E-state index contributed by atoms with van der Waals surface area (Å²) in [4.78, 5) is 12.9. The van der Waals surface area contributed by atoms with Crippen LogP contribution < -0.4 is 10.6 Å². The Hall–Kier alpha value is -1.00. The summed E-state index contributed by atoms with van der Waals surface area (Å²) in [6, 6.07) is 8.82. The normalized spacial score (nSPS) is 12.4. The van der Waals surface area contributed by atoms with Gasteiger partial charge < -0.3 is 10.6 Å². The lowest BCUT2D eigenvalue weighted by Crippen LogP contribution is -2.26. The average molecular weight is 308 g/mol. The zero-order chi connectivity index (χ0) is 15.7. The van der Waals surface area contributed by atoms with Crippen LogP contribution in [0.15, 0.2) is 29.2 Å². The molecule has 0 aromatic heterocycles. The molecule has 0 aliphatic rings. The molecular weight excluding hydrogens is 280 g/mol.